The van der Waals surface area contributed by atoms with Gasteiger partial charge in [0.1, 0.15) is 0 Å². The number of piperidine rings is 1. The summed E-state index contributed by atoms with van der Waals surface area (Å²) in [6, 6.07) is 18.8. The summed E-state index contributed by atoms with van der Waals surface area (Å²) >= 11 is 0. The van der Waals surface area contributed by atoms with Crippen LogP contribution in [-0.4, -0.2) is 63.9 Å². The predicted octanol–water partition coefficient (Wildman–Crippen LogP) is 3.12. The van der Waals surface area contributed by atoms with Crippen molar-refractivity contribution >= 4 is 23.4 Å². The fraction of sp³-hybridized carbons (Fsp3) is 0.310. The number of aliphatic hydroxyl groups excluding tert-OH is 1. The number of pyridine rings is 1. The number of carbonyl (C=O) groups excluding carboxylic acids is 3. The predicted molar refractivity (Wildman–Crippen MR) is 139 cm³/mol. The molecule has 3 amide bonds. The summed E-state index contributed by atoms with van der Waals surface area (Å²) in [5.41, 5.74) is 3.42. The number of hydrogen-bond acceptors (Lipinski definition) is 6. The summed E-state index contributed by atoms with van der Waals surface area (Å²) in [5.74, 6) is -0.696. The Labute approximate surface area is 216 Å². The van der Waals surface area contributed by atoms with Gasteiger partial charge in [-0.1, -0.05) is 42.5 Å². The first-order chi connectivity index (χ1) is 18.1. The second-order valence-corrected chi connectivity index (χ2v) is 9.49. The minimum absolute atomic E-state index is 0.0461. The third kappa shape index (κ3) is 5.11. The average molecular weight is 499 g/mol. The molecule has 37 heavy (non-hydrogen) atoms. The van der Waals surface area contributed by atoms with Crippen LogP contribution in [0.3, 0.4) is 0 Å². The van der Waals surface area contributed by atoms with Gasteiger partial charge in [-0.2, -0.15) is 0 Å². The van der Waals surface area contributed by atoms with Gasteiger partial charge in [0, 0.05) is 44.5 Å². The fourth-order valence-corrected chi connectivity index (χ4v) is 5.21. The third-order valence-electron chi connectivity index (χ3n) is 7.12. The van der Waals surface area contributed by atoms with Gasteiger partial charge in [-0.15, -0.1) is 0 Å². The van der Waals surface area contributed by atoms with Crippen molar-refractivity contribution in [2.24, 2.45) is 5.92 Å². The molecule has 190 valence electrons. The first-order valence-electron chi connectivity index (χ1n) is 12.6. The molecule has 1 aromatic heterocycles. The van der Waals surface area contributed by atoms with Gasteiger partial charge >= 0.3 is 0 Å². The van der Waals surface area contributed by atoms with Crippen molar-refractivity contribution in [3.05, 3.63) is 95.3 Å². The number of anilines is 1. The van der Waals surface area contributed by atoms with Crippen LogP contribution >= 0.6 is 0 Å². The molecule has 0 atom stereocenters. The summed E-state index contributed by atoms with van der Waals surface area (Å²) < 4.78 is 0. The van der Waals surface area contributed by atoms with Crippen LogP contribution in [-0.2, 0) is 17.9 Å². The van der Waals surface area contributed by atoms with E-state index in [0.29, 0.717) is 50.1 Å². The smallest absolute Gasteiger partial charge is 0.263 e. The van der Waals surface area contributed by atoms with Gasteiger partial charge in [0.25, 0.3) is 11.8 Å². The molecule has 0 aliphatic carbocycles. The number of carbonyl (C=O) groups is 3. The van der Waals surface area contributed by atoms with Gasteiger partial charge < -0.3 is 14.9 Å². The van der Waals surface area contributed by atoms with Crippen LogP contribution in [0.2, 0.25) is 0 Å². The molecule has 2 aromatic carbocycles. The molecule has 0 bridgehead atoms. The maximum atomic E-state index is 13.4. The Morgan fingerprint density at radius 3 is 2.41 bits per heavy atom. The maximum Gasteiger partial charge on any atom is 0.263 e. The van der Waals surface area contributed by atoms with E-state index in [2.05, 4.69) is 9.88 Å². The Kier molecular flexibility index (Phi) is 7.28. The molecule has 1 fully saturated rings. The Balaban J connectivity index is 1.28. The van der Waals surface area contributed by atoms with E-state index in [1.54, 1.807) is 29.4 Å². The number of imide groups is 1. The van der Waals surface area contributed by atoms with Crippen molar-refractivity contribution < 1.29 is 19.5 Å². The maximum absolute atomic E-state index is 13.4. The zero-order chi connectivity index (χ0) is 25.8. The standard InChI is InChI=1S/C29H30N4O4/c34-17-16-32(19-21-6-2-1-3-7-21)27(35)23-11-14-31(15-12-23)25-10-4-9-24-26(25)29(37)33(28(24)36)20-22-8-5-13-30-18-22/h1-10,13,18,23,34H,11-12,14-17,19-20H2. The Morgan fingerprint density at radius 1 is 0.946 bits per heavy atom. The molecule has 0 saturated carbocycles. The summed E-state index contributed by atoms with van der Waals surface area (Å²) in [6.07, 6.45) is 4.59. The van der Waals surface area contributed by atoms with E-state index in [-0.39, 0.29) is 36.8 Å². The van der Waals surface area contributed by atoms with Crippen molar-refractivity contribution in [2.75, 3.05) is 31.1 Å². The van der Waals surface area contributed by atoms with Crippen LogP contribution in [0, 0.1) is 5.92 Å². The number of hydrogen-bond donors (Lipinski definition) is 1. The molecular formula is C29H30N4O4. The molecule has 3 heterocycles. The van der Waals surface area contributed by atoms with Crippen LogP contribution in [0.25, 0.3) is 0 Å². The first kappa shape index (κ1) is 24.6. The number of benzene rings is 2. The van der Waals surface area contributed by atoms with Crippen molar-refractivity contribution in [3.8, 4) is 0 Å². The number of nitrogens with zero attached hydrogens (tertiary/aromatic N) is 4. The van der Waals surface area contributed by atoms with E-state index in [1.165, 1.54) is 4.90 Å². The molecule has 0 unspecified atom stereocenters. The summed E-state index contributed by atoms with van der Waals surface area (Å²) in [4.78, 5) is 48.9. The second kappa shape index (κ2) is 10.9. The Hall–Kier alpha value is -4.04. The highest BCUT2D eigenvalue weighted by Gasteiger charge is 2.39. The number of fused-ring (bicyclic) bond motifs is 1. The molecule has 1 saturated heterocycles. The van der Waals surface area contributed by atoms with Crippen molar-refractivity contribution in [1.29, 1.82) is 0 Å². The lowest BCUT2D eigenvalue weighted by atomic mass is 9.93. The van der Waals surface area contributed by atoms with Crippen LogP contribution in [0.4, 0.5) is 5.69 Å². The molecule has 3 aromatic rings. The van der Waals surface area contributed by atoms with Gasteiger partial charge in [-0.05, 0) is 42.2 Å². The van der Waals surface area contributed by atoms with E-state index in [1.807, 2.05) is 48.5 Å². The minimum atomic E-state index is -0.297. The van der Waals surface area contributed by atoms with E-state index in [0.717, 1.165) is 16.8 Å². The summed E-state index contributed by atoms with van der Waals surface area (Å²) in [7, 11) is 0. The summed E-state index contributed by atoms with van der Waals surface area (Å²) in [5, 5.41) is 9.53. The normalized spacial score (nSPS) is 15.7. The Morgan fingerprint density at radius 2 is 1.70 bits per heavy atom. The van der Waals surface area contributed by atoms with E-state index in [9.17, 15) is 19.5 Å². The Bertz CT molecular complexity index is 1270. The van der Waals surface area contributed by atoms with E-state index >= 15 is 0 Å². The van der Waals surface area contributed by atoms with Gasteiger partial charge in [0.15, 0.2) is 0 Å². The number of aromatic nitrogens is 1. The second-order valence-electron chi connectivity index (χ2n) is 9.49. The SMILES string of the molecule is O=C(C1CCN(c2cccc3c2C(=O)N(Cc2cccnc2)C3=O)CC1)N(CCO)Cc1ccccc1. The molecule has 2 aliphatic heterocycles. The highest BCUT2D eigenvalue weighted by molar-refractivity contribution is 6.23. The molecule has 8 heteroatoms. The number of rotatable bonds is 8. The monoisotopic (exact) mass is 498 g/mol. The van der Waals surface area contributed by atoms with Crippen molar-refractivity contribution in [1.82, 2.24) is 14.8 Å². The molecule has 8 nitrogen and oxygen atoms in total. The fourth-order valence-electron chi connectivity index (χ4n) is 5.21. The van der Waals surface area contributed by atoms with Crippen LogP contribution < -0.4 is 4.90 Å². The van der Waals surface area contributed by atoms with E-state index < -0.39 is 0 Å². The third-order valence-corrected chi connectivity index (χ3v) is 7.12. The number of aliphatic hydroxyl groups is 1. The van der Waals surface area contributed by atoms with Gasteiger partial charge in [-0.25, -0.2) is 0 Å². The highest BCUT2D eigenvalue weighted by atomic mass is 16.3. The molecule has 5 rings (SSSR count). The van der Waals surface area contributed by atoms with Gasteiger partial charge in [0.2, 0.25) is 5.91 Å². The van der Waals surface area contributed by atoms with Crippen LogP contribution in [0.5, 0.6) is 0 Å². The number of amides is 3. The van der Waals surface area contributed by atoms with Gasteiger partial charge in [-0.3, -0.25) is 24.3 Å². The lowest BCUT2D eigenvalue weighted by Crippen LogP contribution is -2.43. The molecule has 1 N–H and O–H groups in total. The van der Waals surface area contributed by atoms with Crippen molar-refractivity contribution in [2.45, 2.75) is 25.9 Å². The van der Waals surface area contributed by atoms with Crippen LogP contribution in [0.15, 0.2) is 73.1 Å². The van der Waals surface area contributed by atoms with Gasteiger partial charge in [0.05, 0.1) is 30.0 Å². The summed E-state index contributed by atoms with van der Waals surface area (Å²) in [6.45, 7) is 2.07. The molecular weight excluding hydrogens is 468 g/mol. The first-order valence-corrected chi connectivity index (χ1v) is 12.6. The topological polar surface area (TPSA) is 94.1 Å². The lowest BCUT2D eigenvalue weighted by Gasteiger charge is -2.36. The quantitative estimate of drug-likeness (QED) is 0.480. The highest BCUT2D eigenvalue weighted by Crippen LogP contribution is 2.35. The molecule has 2 aliphatic rings. The zero-order valence-electron chi connectivity index (χ0n) is 20.6. The zero-order valence-corrected chi connectivity index (χ0v) is 20.6. The lowest BCUT2D eigenvalue weighted by molar-refractivity contribution is -0.137. The minimum Gasteiger partial charge on any atom is -0.395 e. The largest absolute Gasteiger partial charge is 0.395 e. The van der Waals surface area contributed by atoms with Crippen molar-refractivity contribution in [3.63, 3.8) is 0 Å². The van der Waals surface area contributed by atoms with Crippen LogP contribution in [0.1, 0.15) is 44.7 Å². The molecule has 0 radical (unpaired) electrons. The molecule has 0 spiro atoms. The average Bonchev–Trinajstić information content (AvgIpc) is 3.18. The van der Waals surface area contributed by atoms with E-state index in [4.69, 9.17) is 0 Å².